The first-order valence-electron chi connectivity index (χ1n) is 12.0. The lowest BCUT2D eigenvalue weighted by Gasteiger charge is -2.15. The maximum absolute atomic E-state index is 13.5. The van der Waals surface area contributed by atoms with Crippen LogP contribution < -0.4 is 19.8 Å². The molecule has 2 heterocycles. The van der Waals surface area contributed by atoms with Gasteiger partial charge in [-0.15, -0.1) is 0 Å². The van der Waals surface area contributed by atoms with Crippen molar-refractivity contribution >= 4 is 28.1 Å². The van der Waals surface area contributed by atoms with Gasteiger partial charge >= 0.3 is 0 Å². The van der Waals surface area contributed by atoms with Gasteiger partial charge in [-0.05, 0) is 67.4 Å². The van der Waals surface area contributed by atoms with Crippen molar-refractivity contribution in [2.24, 2.45) is 5.10 Å². The van der Waals surface area contributed by atoms with Crippen molar-refractivity contribution in [3.63, 3.8) is 0 Å². The van der Waals surface area contributed by atoms with E-state index in [2.05, 4.69) is 12.0 Å². The maximum Gasteiger partial charge on any atom is 0.282 e. The number of nitrogens with zero attached hydrogens (tertiary/aromatic N) is 3. The van der Waals surface area contributed by atoms with Gasteiger partial charge in [-0.1, -0.05) is 25.1 Å². The highest BCUT2D eigenvalue weighted by Gasteiger charge is 2.18. The third kappa shape index (κ3) is 4.65. The topological polar surface area (TPSA) is 88.1 Å². The van der Waals surface area contributed by atoms with Crippen molar-refractivity contribution < 1.29 is 18.6 Å². The van der Waals surface area contributed by atoms with E-state index in [1.165, 1.54) is 4.68 Å². The number of furan rings is 1. The highest BCUT2D eigenvalue weighted by Crippen LogP contribution is 2.33. The molecule has 2 aromatic heterocycles. The summed E-state index contributed by atoms with van der Waals surface area (Å²) in [7, 11) is 3.19. The van der Waals surface area contributed by atoms with Crippen molar-refractivity contribution in [2.45, 2.75) is 26.4 Å². The zero-order valence-corrected chi connectivity index (χ0v) is 21.1. The van der Waals surface area contributed by atoms with E-state index in [0.717, 1.165) is 17.4 Å². The van der Waals surface area contributed by atoms with E-state index >= 15 is 0 Å². The third-order valence-corrected chi connectivity index (χ3v) is 6.13. The molecule has 0 aliphatic rings. The van der Waals surface area contributed by atoms with Gasteiger partial charge in [0, 0.05) is 0 Å². The van der Waals surface area contributed by atoms with Crippen molar-refractivity contribution in [1.82, 2.24) is 9.66 Å². The molecule has 5 aromatic rings. The van der Waals surface area contributed by atoms with Crippen LogP contribution in [0.1, 0.15) is 25.8 Å². The number of para-hydroxylation sites is 1. The Labute approximate surface area is 213 Å². The Bertz CT molecular complexity index is 1670. The summed E-state index contributed by atoms with van der Waals surface area (Å²) >= 11 is 0. The van der Waals surface area contributed by atoms with E-state index < -0.39 is 0 Å². The van der Waals surface area contributed by atoms with E-state index in [1.807, 2.05) is 49.4 Å². The summed E-state index contributed by atoms with van der Waals surface area (Å²) in [6.07, 6.45) is 2.52. The fraction of sp³-hybridized carbons (Fsp3) is 0.207. The first kappa shape index (κ1) is 24.1. The largest absolute Gasteiger partial charge is 0.496 e. The SMILES string of the molecule is CC[C@H](C)Oc1ccc(C=Nn2c(-c3cc4c(OC)cccc4o3)nc3ccccc3c2=O)cc1OC. The van der Waals surface area contributed by atoms with Gasteiger partial charge in [-0.25, -0.2) is 4.98 Å². The van der Waals surface area contributed by atoms with E-state index in [1.54, 1.807) is 44.7 Å². The van der Waals surface area contributed by atoms with Gasteiger partial charge in [0.05, 0.1) is 42.8 Å². The summed E-state index contributed by atoms with van der Waals surface area (Å²) < 4.78 is 24.3. The zero-order valence-electron chi connectivity index (χ0n) is 21.1. The molecule has 37 heavy (non-hydrogen) atoms. The van der Waals surface area contributed by atoms with Gasteiger partial charge in [-0.2, -0.15) is 9.78 Å². The van der Waals surface area contributed by atoms with E-state index in [0.29, 0.717) is 39.5 Å². The fourth-order valence-corrected chi connectivity index (χ4v) is 4.00. The number of hydrogen-bond acceptors (Lipinski definition) is 7. The minimum Gasteiger partial charge on any atom is -0.496 e. The molecule has 8 heteroatoms. The lowest BCUT2D eigenvalue weighted by Crippen LogP contribution is -2.20. The average Bonchev–Trinajstić information content (AvgIpc) is 3.37. The molecule has 8 nitrogen and oxygen atoms in total. The Kier molecular flexibility index (Phi) is 6.64. The molecule has 0 saturated carbocycles. The van der Waals surface area contributed by atoms with Gasteiger partial charge in [0.25, 0.3) is 5.56 Å². The van der Waals surface area contributed by atoms with Gasteiger partial charge < -0.3 is 18.6 Å². The maximum atomic E-state index is 13.5. The number of benzene rings is 3. The molecule has 0 N–H and O–H groups in total. The second kappa shape index (κ2) is 10.2. The minimum atomic E-state index is -0.312. The van der Waals surface area contributed by atoms with Crippen LogP contribution in [0.25, 0.3) is 33.5 Å². The lowest BCUT2D eigenvalue weighted by molar-refractivity contribution is 0.207. The summed E-state index contributed by atoms with van der Waals surface area (Å²) in [5.41, 5.74) is 1.59. The number of methoxy groups -OCH3 is 2. The molecule has 0 bridgehead atoms. The monoisotopic (exact) mass is 497 g/mol. The number of hydrogen-bond donors (Lipinski definition) is 0. The van der Waals surface area contributed by atoms with Crippen LogP contribution in [-0.4, -0.2) is 36.2 Å². The van der Waals surface area contributed by atoms with Crippen LogP contribution in [-0.2, 0) is 0 Å². The molecule has 0 amide bonds. The molecule has 0 saturated heterocycles. The van der Waals surface area contributed by atoms with Crippen LogP contribution in [0.2, 0.25) is 0 Å². The molecular weight excluding hydrogens is 470 g/mol. The van der Waals surface area contributed by atoms with Crippen LogP contribution in [0, 0.1) is 0 Å². The number of aromatic nitrogens is 2. The second-order valence-electron chi connectivity index (χ2n) is 8.54. The predicted molar refractivity (Wildman–Crippen MR) is 144 cm³/mol. The first-order chi connectivity index (χ1) is 18.0. The van der Waals surface area contributed by atoms with Gasteiger partial charge in [0.1, 0.15) is 11.3 Å². The normalized spacial score (nSPS) is 12.3. The summed E-state index contributed by atoms with van der Waals surface area (Å²) in [6.45, 7) is 4.06. The number of fused-ring (bicyclic) bond motifs is 2. The molecule has 0 spiro atoms. The molecule has 0 aliphatic heterocycles. The predicted octanol–water partition coefficient (Wildman–Crippen LogP) is 5.89. The Morgan fingerprint density at radius 1 is 0.973 bits per heavy atom. The Hall–Kier alpha value is -4.59. The summed E-state index contributed by atoms with van der Waals surface area (Å²) in [4.78, 5) is 18.2. The summed E-state index contributed by atoms with van der Waals surface area (Å²) in [5.74, 6) is 2.57. The standard InChI is InChI=1S/C29H27N3O5/c1-5-18(2)36-25-14-13-19(15-26(25)35-4)17-30-32-28(31-22-10-7-6-9-20(22)29(32)33)27-16-21-23(34-3)11-8-12-24(21)37-27/h6-18H,5H2,1-4H3/t18-/m0/s1. The molecule has 5 rings (SSSR count). The van der Waals surface area contributed by atoms with Crippen molar-refractivity contribution in [3.8, 4) is 28.8 Å². The highest BCUT2D eigenvalue weighted by atomic mass is 16.5. The first-order valence-corrected chi connectivity index (χ1v) is 12.0. The zero-order chi connectivity index (χ0) is 25.9. The van der Waals surface area contributed by atoms with E-state index in [4.69, 9.17) is 23.6 Å². The molecule has 0 fully saturated rings. The Morgan fingerprint density at radius 2 is 1.78 bits per heavy atom. The summed E-state index contributed by atoms with van der Waals surface area (Å²) in [6, 6.07) is 20.0. The smallest absolute Gasteiger partial charge is 0.282 e. The molecule has 188 valence electrons. The molecule has 0 radical (unpaired) electrons. The Balaban J connectivity index is 1.63. The van der Waals surface area contributed by atoms with E-state index in [9.17, 15) is 4.79 Å². The van der Waals surface area contributed by atoms with Crippen LogP contribution in [0.15, 0.2) is 81.0 Å². The third-order valence-electron chi connectivity index (χ3n) is 6.13. The van der Waals surface area contributed by atoms with Gasteiger partial charge in [-0.3, -0.25) is 4.79 Å². The van der Waals surface area contributed by atoms with Crippen LogP contribution in [0.3, 0.4) is 0 Å². The van der Waals surface area contributed by atoms with Crippen molar-refractivity contribution in [2.75, 3.05) is 14.2 Å². The molecular formula is C29H27N3O5. The van der Waals surface area contributed by atoms with Crippen LogP contribution in [0.5, 0.6) is 17.2 Å². The second-order valence-corrected chi connectivity index (χ2v) is 8.54. The average molecular weight is 498 g/mol. The number of rotatable bonds is 8. The highest BCUT2D eigenvalue weighted by molar-refractivity contribution is 5.88. The summed E-state index contributed by atoms with van der Waals surface area (Å²) in [5, 5.41) is 5.75. The fourth-order valence-electron chi connectivity index (χ4n) is 4.00. The van der Waals surface area contributed by atoms with Gasteiger partial charge in [0.2, 0.25) is 5.82 Å². The van der Waals surface area contributed by atoms with Crippen LogP contribution in [0.4, 0.5) is 0 Å². The number of ether oxygens (including phenoxy) is 3. The van der Waals surface area contributed by atoms with Crippen LogP contribution >= 0.6 is 0 Å². The quantitative estimate of drug-likeness (QED) is 0.249. The molecule has 0 unspecified atom stereocenters. The van der Waals surface area contributed by atoms with Crippen molar-refractivity contribution in [1.29, 1.82) is 0 Å². The minimum absolute atomic E-state index is 0.0562. The van der Waals surface area contributed by atoms with E-state index in [-0.39, 0.29) is 17.5 Å². The van der Waals surface area contributed by atoms with Crippen molar-refractivity contribution in [3.05, 3.63) is 82.6 Å². The van der Waals surface area contributed by atoms with Gasteiger partial charge in [0.15, 0.2) is 17.3 Å². The molecule has 3 aromatic carbocycles. The lowest BCUT2D eigenvalue weighted by atomic mass is 10.2. The molecule has 0 aliphatic carbocycles. The Morgan fingerprint density at radius 3 is 2.57 bits per heavy atom. The molecule has 1 atom stereocenters.